The Labute approximate surface area is 112 Å². The van der Waals surface area contributed by atoms with E-state index in [0.717, 1.165) is 5.56 Å². The summed E-state index contributed by atoms with van der Waals surface area (Å²) in [5, 5.41) is 9.62. The van der Waals surface area contributed by atoms with E-state index in [4.69, 9.17) is 0 Å². The van der Waals surface area contributed by atoms with Gasteiger partial charge in [0.1, 0.15) is 5.75 Å². The third-order valence-electron chi connectivity index (χ3n) is 2.92. The van der Waals surface area contributed by atoms with Crippen LogP contribution < -0.4 is 0 Å². The van der Waals surface area contributed by atoms with E-state index in [1.54, 1.807) is 11.9 Å². The van der Waals surface area contributed by atoms with Gasteiger partial charge in [0.2, 0.25) is 0 Å². The van der Waals surface area contributed by atoms with Crippen molar-refractivity contribution >= 4 is 5.91 Å². The first-order valence-electron chi connectivity index (χ1n) is 6.02. The highest BCUT2D eigenvalue weighted by atomic mass is 16.3. The van der Waals surface area contributed by atoms with Gasteiger partial charge in [-0.3, -0.25) is 9.78 Å². The van der Waals surface area contributed by atoms with Crippen LogP contribution in [-0.2, 0) is 6.54 Å². The summed E-state index contributed by atoms with van der Waals surface area (Å²) >= 11 is 0. The number of rotatable bonds is 3. The quantitative estimate of drug-likeness (QED) is 0.917. The van der Waals surface area contributed by atoms with Crippen molar-refractivity contribution in [1.29, 1.82) is 0 Å². The van der Waals surface area contributed by atoms with Gasteiger partial charge in [-0.25, -0.2) is 0 Å². The predicted octanol–water partition coefficient (Wildman–Crippen LogP) is 2.37. The summed E-state index contributed by atoms with van der Waals surface area (Å²) in [6, 6.07) is 9.52. The number of hydrogen-bond acceptors (Lipinski definition) is 3. The summed E-state index contributed by atoms with van der Waals surface area (Å²) in [4.78, 5) is 17.5. The van der Waals surface area contributed by atoms with Gasteiger partial charge < -0.3 is 10.0 Å². The smallest absolute Gasteiger partial charge is 0.257 e. The minimum Gasteiger partial charge on any atom is -0.505 e. The van der Waals surface area contributed by atoms with Crippen molar-refractivity contribution in [2.75, 3.05) is 7.05 Å². The Morgan fingerprint density at radius 1 is 1.26 bits per heavy atom. The third-order valence-corrected chi connectivity index (χ3v) is 2.92. The molecule has 1 heterocycles. The molecular weight excluding hydrogens is 240 g/mol. The largest absolute Gasteiger partial charge is 0.505 e. The van der Waals surface area contributed by atoms with Crippen molar-refractivity contribution < 1.29 is 9.90 Å². The fourth-order valence-electron chi connectivity index (χ4n) is 1.81. The maximum atomic E-state index is 12.2. The summed E-state index contributed by atoms with van der Waals surface area (Å²) in [6.45, 7) is 2.52. The maximum Gasteiger partial charge on any atom is 0.257 e. The van der Waals surface area contributed by atoms with E-state index in [0.29, 0.717) is 6.54 Å². The number of hydrogen-bond donors (Lipinski definition) is 1. The molecule has 0 saturated carbocycles. The van der Waals surface area contributed by atoms with Gasteiger partial charge in [-0.1, -0.05) is 29.8 Å². The standard InChI is InChI=1S/C15H16N2O2/c1-11-3-5-12(6-4-11)10-17(2)15(19)13-7-8-16-9-14(13)18/h3-9,18H,10H2,1-2H3. The van der Waals surface area contributed by atoms with Crippen molar-refractivity contribution in [2.45, 2.75) is 13.5 Å². The Morgan fingerprint density at radius 2 is 1.95 bits per heavy atom. The van der Waals surface area contributed by atoms with E-state index < -0.39 is 0 Å². The zero-order chi connectivity index (χ0) is 13.8. The van der Waals surface area contributed by atoms with Crippen molar-refractivity contribution in [1.82, 2.24) is 9.88 Å². The molecule has 2 rings (SSSR count). The van der Waals surface area contributed by atoms with Crippen molar-refractivity contribution in [3.05, 3.63) is 59.4 Å². The number of carbonyl (C=O) groups excluding carboxylic acids is 1. The molecule has 0 bridgehead atoms. The van der Waals surface area contributed by atoms with E-state index in [9.17, 15) is 9.90 Å². The zero-order valence-corrected chi connectivity index (χ0v) is 11.0. The topological polar surface area (TPSA) is 53.4 Å². The van der Waals surface area contributed by atoms with Gasteiger partial charge in [0.15, 0.2) is 0 Å². The normalized spacial score (nSPS) is 10.2. The van der Waals surface area contributed by atoms with Crippen LogP contribution in [0.2, 0.25) is 0 Å². The molecule has 1 aromatic heterocycles. The van der Waals surface area contributed by atoms with Crippen LogP contribution in [0.1, 0.15) is 21.5 Å². The highest BCUT2D eigenvalue weighted by Crippen LogP contribution is 2.17. The molecule has 2 aromatic rings. The molecule has 4 heteroatoms. The SMILES string of the molecule is Cc1ccc(CN(C)C(=O)c2ccncc2O)cc1. The lowest BCUT2D eigenvalue weighted by molar-refractivity contribution is 0.0782. The summed E-state index contributed by atoms with van der Waals surface area (Å²) in [7, 11) is 1.71. The van der Waals surface area contributed by atoms with Gasteiger partial charge in [-0.05, 0) is 18.6 Å². The second-order valence-corrected chi connectivity index (χ2v) is 4.54. The molecule has 0 aliphatic rings. The number of aromatic nitrogens is 1. The molecule has 0 spiro atoms. The fourth-order valence-corrected chi connectivity index (χ4v) is 1.81. The van der Waals surface area contributed by atoms with E-state index in [2.05, 4.69) is 4.98 Å². The van der Waals surface area contributed by atoms with Crippen molar-refractivity contribution in [3.63, 3.8) is 0 Å². The number of aromatic hydroxyl groups is 1. The van der Waals surface area contributed by atoms with Crippen LogP contribution in [0.4, 0.5) is 0 Å². The van der Waals surface area contributed by atoms with Crippen LogP contribution in [0.3, 0.4) is 0 Å². The Bertz CT molecular complexity index is 579. The molecule has 0 atom stereocenters. The highest BCUT2D eigenvalue weighted by Gasteiger charge is 2.15. The van der Waals surface area contributed by atoms with Crippen LogP contribution >= 0.6 is 0 Å². The molecule has 0 radical (unpaired) electrons. The molecule has 4 nitrogen and oxygen atoms in total. The number of carbonyl (C=O) groups is 1. The fraction of sp³-hybridized carbons (Fsp3) is 0.200. The van der Waals surface area contributed by atoms with Gasteiger partial charge in [-0.15, -0.1) is 0 Å². The molecule has 19 heavy (non-hydrogen) atoms. The van der Waals surface area contributed by atoms with E-state index in [-0.39, 0.29) is 17.2 Å². The van der Waals surface area contributed by atoms with Gasteiger partial charge in [0.05, 0.1) is 11.8 Å². The molecule has 1 amide bonds. The summed E-state index contributed by atoms with van der Waals surface area (Å²) < 4.78 is 0. The molecule has 0 fully saturated rings. The van der Waals surface area contributed by atoms with Gasteiger partial charge in [0, 0.05) is 19.8 Å². The van der Waals surface area contributed by atoms with E-state index >= 15 is 0 Å². The Balaban J connectivity index is 2.12. The second-order valence-electron chi connectivity index (χ2n) is 4.54. The number of amides is 1. The number of nitrogens with zero attached hydrogens (tertiary/aromatic N) is 2. The first-order valence-corrected chi connectivity index (χ1v) is 6.02. The van der Waals surface area contributed by atoms with Crippen molar-refractivity contribution in [2.24, 2.45) is 0 Å². The highest BCUT2D eigenvalue weighted by molar-refractivity contribution is 5.96. The minimum absolute atomic E-state index is 0.0942. The molecule has 1 N–H and O–H groups in total. The van der Waals surface area contributed by atoms with Crippen LogP contribution in [0, 0.1) is 6.92 Å². The monoisotopic (exact) mass is 256 g/mol. The average Bonchev–Trinajstić information content (AvgIpc) is 2.41. The predicted molar refractivity (Wildman–Crippen MR) is 72.9 cm³/mol. The third kappa shape index (κ3) is 3.10. The lowest BCUT2D eigenvalue weighted by Gasteiger charge is -2.17. The van der Waals surface area contributed by atoms with Crippen LogP contribution in [-0.4, -0.2) is 27.9 Å². The number of benzene rings is 1. The van der Waals surface area contributed by atoms with E-state index in [1.807, 2.05) is 31.2 Å². The number of pyridine rings is 1. The van der Waals surface area contributed by atoms with E-state index in [1.165, 1.54) is 24.0 Å². The van der Waals surface area contributed by atoms with Crippen molar-refractivity contribution in [3.8, 4) is 5.75 Å². The Morgan fingerprint density at radius 3 is 2.58 bits per heavy atom. The minimum atomic E-state index is -0.222. The first-order chi connectivity index (χ1) is 9.08. The molecular formula is C15H16N2O2. The lowest BCUT2D eigenvalue weighted by Crippen LogP contribution is -2.26. The van der Waals surface area contributed by atoms with Gasteiger partial charge in [-0.2, -0.15) is 0 Å². The summed E-state index contributed by atoms with van der Waals surface area (Å²) in [5.41, 5.74) is 2.50. The molecule has 0 aliphatic heterocycles. The Hall–Kier alpha value is -2.36. The molecule has 0 unspecified atom stereocenters. The van der Waals surface area contributed by atoms with Gasteiger partial charge >= 0.3 is 0 Å². The summed E-state index contributed by atoms with van der Waals surface area (Å²) in [6.07, 6.45) is 2.76. The molecule has 0 aliphatic carbocycles. The summed E-state index contributed by atoms with van der Waals surface area (Å²) in [5.74, 6) is -0.316. The zero-order valence-electron chi connectivity index (χ0n) is 11.0. The van der Waals surface area contributed by atoms with Crippen LogP contribution in [0.5, 0.6) is 5.75 Å². The molecule has 1 aromatic carbocycles. The molecule has 0 saturated heterocycles. The number of aryl methyl sites for hydroxylation is 1. The maximum absolute atomic E-state index is 12.2. The Kier molecular flexibility index (Phi) is 3.80. The molecule has 98 valence electrons. The first kappa shape index (κ1) is 13.1. The van der Waals surface area contributed by atoms with Crippen LogP contribution in [0.15, 0.2) is 42.7 Å². The van der Waals surface area contributed by atoms with Gasteiger partial charge in [0.25, 0.3) is 5.91 Å². The van der Waals surface area contributed by atoms with Crippen LogP contribution in [0.25, 0.3) is 0 Å². The lowest BCUT2D eigenvalue weighted by atomic mass is 10.1. The second kappa shape index (κ2) is 5.52. The average molecular weight is 256 g/mol.